The second kappa shape index (κ2) is 6.05. The van der Waals surface area contributed by atoms with Gasteiger partial charge in [-0.2, -0.15) is 5.21 Å². The van der Waals surface area contributed by atoms with Crippen LogP contribution in [0.1, 0.15) is 18.1 Å². The van der Waals surface area contributed by atoms with E-state index in [1.54, 1.807) is 0 Å². The molecule has 122 valence electrons. The van der Waals surface area contributed by atoms with Gasteiger partial charge in [-0.1, -0.05) is 37.3 Å². The maximum absolute atomic E-state index is 6.51. The fourth-order valence-electron chi connectivity index (χ4n) is 3.44. The van der Waals surface area contributed by atoms with E-state index in [0.29, 0.717) is 5.82 Å². The number of likely N-dealkylation sites (N-methyl/N-ethyl adjacent to an activating group) is 1. The molecule has 0 bridgehead atoms. The molecule has 6 nitrogen and oxygen atoms in total. The van der Waals surface area contributed by atoms with Gasteiger partial charge in [0, 0.05) is 24.3 Å². The molecule has 6 heteroatoms. The number of fused-ring (bicyclic) bond motifs is 1. The molecule has 0 atom stereocenters. The summed E-state index contributed by atoms with van der Waals surface area (Å²) in [5.74, 6) is 0.543. The second-order valence-corrected chi connectivity index (χ2v) is 6.06. The quantitative estimate of drug-likeness (QED) is 0.724. The van der Waals surface area contributed by atoms with Crippen LogP contribution in [0.5, 0.6) is 0 Å². The number of nitrogen functional groups attached to an aromatic ring is 1. The van der Waals surface area contributed by atoms with E-state index in [0.717, 1.165) is 37.3 Å². The minimum Gasteiger partial charge on any atom is -0.398 e. The van der Waals surface area contributed by atoms with Crippen molar-refractivity contribution in [2.75, 3.05) is 18.8 Å². The molecule has 2 heterocycles. The van der Waals surface area contributed by atoms with Gasteiger partial charge in [0.2, 0.25) is 5.82 Å². The third-order valence-electron chi connectivity index (χ3n) is 4.77. The second-order valence-electron chi connectivity index (χ2n) is 6.06. The van der Waals surface area contributed by atoms with E-state index in [1.807, 2.05) is 6.07 Å². The first-order valence-corrected chi connectivity index (χ1v) is 8.23. The molecule has 1 aromatic heterocycles. The third-order valence-corrected chi connectivity index (χ3v) is 4.77. The molecule has 3 aromatic rings. The van der Waals surface area contributed by atoms with Crippen molar-refractivity contribution in [1.29, 1.82) is 0 Å². The molecule has 1 aliphatic heterocycles. The Morgan fingerprint density at radius 2 is 2.00 bits per heavy atom. The summed E-state index contributed by atoms with van der Waals surface area (Å²) < 4.78 is 0. The van der Waals surface area contributed by atoms with Crippen LogP contribution in [0.4, 0.5) is 5.69 Å². The van der Waals surface area contributed by atoms with Crippen LogP contribution in [0.15, 0.2) is 36.4 Å². The number of nitrogens with one attached hydrogen (secondary N) is 1. The molecule has 0 saturated heterocycles. The molecular formula is C18H20N6. The van der Waals surface area contributed by atoms with Crippen LogP contribution in [0, 0.1) is 0 Å². The van der Waals surface area contributed by atoms with E-state index in [-0.39, 0.29) is 0 Å². The normalized spacial score (nSPS) is 14.5. The molecule has 2 aromatic carbocycles. The lowest BCUT2D eigenvalue weighted by atomic mass is 9.87. The van der Waals surface area contributed by atoms with Crippen LogP contribution in [0.25, 0.3) is 22.5 Å². The Bertz CT molecular complexity index is 842. The van der Waals surface area contributed by atoms with Crippen LogP contribution in [-0.2, 0) is 13.0 Å². The van der Waals surface area contributed by atoms with E-state index in [2.05, 4.69) is 62.8 Å². The standard InChI is InChI=1S/C18H20N6/c1-2-24-9-8-13-14(12-6-4-3-5-7-12)10-15(17(19)16(13)11-24)18-20-22-23-21-18/h3-7,10H,2,8-9,11,19H2,1H3,(H,20,21,22,23). The SMILES string of the molecule is CCN1CCc2c(-c3ccccc3)cc(-c3nn[nH]n3)c(N)c2C1. The Hall–Kier alpha value is -2.73. The van der Waals surface area contributed by atoms with Gasteiger partial charge < -0.3 is 5.73 Å². The summed E-state index contributed by atoms with van der Waals surface area (Å²) in [5, 5.41) is 14.5. The number of nitrogens with zero attached hydrogens (tertiary/aromatic N) is 4. The molecule has 0 amide bonds. The summed E-state index contributed by atoms with van der Waals surface area (Å²) in [6.07, 6.45) is 1.00. The number of anilines is 1. The highest BCUT2D eigenvalue weighted by Crippen LogP contribution is 2.39. The Morgan fingerprint density at radius 1 is 1.17 bits per heavy atom. The Kier molecular flexibility index (Phi) is 3.74. The molecule has 0 radical (unpaired) electrons. The lowest BCUT2D eigenvalue weighted by molar-refractivity contribution is 0.269. The van der Waals surface area contributed by atoms with Crippen molar-refractivity contribution in [3.8, 4) is 22.5 Å². The van der Waals surface area contributed by atoms with Crippen LogP contribution >= 0.6 is 0 Å². The van der Waals surface area contributed by atoms with Gasteiger partial charge in [-0.3, -0.25) is 4.90 Å². The molecular weight excluding hydrogens is 300 g/mol. The summed E-state index contributed by atoms with van der Waals surface area (Å²) in [5.41, 5.74) is 13.1. The molecule has 4 rings (SSSR count). The topological polar surface area (TPSA) is 83.7 Å². The van der Waals surface area contributed by atoms with Gasteiger partial charge in [0.1, 0.15) is 0 Å². The van der Waals surface area contributed by atoms with Gasteiger partial charge in [0.15, 0.2) is 0 Å². The van der Waals surface area contributed by atoms with Gasteiger partial charge >= 0.3 is 0 Å². The van der Waals surface area contributed by atoms with Gasteiger partial charge in [-0.25, -0.2) is 0 Å². The number of nitrogens with two attached hydrogens (primary N) is 1. The summed E-state index contributed by atoms with van der Waals surface area (Å²) in [6.45, 7) is 5.13. The molecule has 0 unspecified atom stereocenters. The highest BCUT2D eigenvalue weighted by Gasteiger charge is 2.24. The van der Waals surface area contributed by atoms with Crippen LogP contribution in [0.3, 0.4) is 0 Å². The number of rotatable bonds is 3. The van der Waals surface area contributed by atoms with Crippen LogP contribution in [-0.4, -0.2) is 38.6 Å². The lowest BCUT2D eigenvalue weighted by Crippen LogP contribution is -2.31. The molecule has 24 heavy (non-hydrogen) atoms. The smallest absolute Gasteiger partial charge is 0.206 e. The largest absolute Gasteiger partial charge is 0.398 e. The van der Waals surface area contributed by atoms with Crippen molar-refractivity contribution in [1.82, 2.24) is 25.5 Å². The zero-order chi connectivity index (χ0) is 16.5. The zero-order valence-corrected chi connectivity index (χ0v) is 13.7. The first-order valence-electron chi connectivity index (χ1n) is 8.23. The summed E-state index contributed by atoms with van der Waals surface area (Å²) >= 11 is 0. The highest BCUT2D eigenvalue weighted by atomic mass is 15.5. The fourth-order valence-corrected chi connectivity index (χ4v) is 3.44. The van der Waals surface area contributed by atoms with Crippen molar-refractivity contribution in [3.05, 3.63) is 47.5 Å². The predicted octanol–water partition coefficient (Wildman–Crippen LogP) is 2.49. The number of hydrogen-bond acceptors (Lipinski definition) is 5. The first kappa shape index (κ1) is 14.8. The summed E-state index contributed by atoms with van der Waals surface area (Å²) in [7, 11) is 0. The van der Waals surface area contributed by atoms with E-state index >= 15 is 0 Å². The number of aromatic amines is 1. The van der Waals surface area contributed by atoms with Crippen molar-refractivity contribution in [3.63, 3.8) is 0 Å². The molecule has 3 N–H and O–H groups in total. The first-order chi connectivity index (χ1) is 11.8. The van der Waals surface area contributed by atoms with Crippen LogP contribution < -0.4 is 5.73 Å². The number of H-pyrrole nitrogens is 1. The maximum atomic E-state index is 6.51. The lowest BCUT2D eigenvalue weighted by Gasteiger charge is -2.31. The van der Waals surface area contributed by atoms with Gasteiger partial charge in [-0.05, 0) is 46.5 Å². The maximum Gasteiger partial charge on any atom is 0.206 e. The van der Waals surface area contributed by atoms with E-state index < -0.39 is 0 Å². The Balaban J connectivity index is 1.95. The number of benzene rings is 2. The monoisotopic (exact) mass is 320 g/mol. The third kappa shape index (κ3) is 2.45. The van der Waals surface area contributed by atoms with E-state index in [4.69, 9.17) is 5.73 Å². The average Bonchev–Trinajstić information content (AvgIpc) is 3.17. The van der Waals surface area contributed by atoms with E-state index in [1.165, 1.54) is 22.3 Å². The fraction of sp³-hybridized carbons (Fsp3) is 0.278. The van der Waals surface area contributed by atoms with Gasteiger partial charge in [0.05, 0.1) is 0 Å². The van der Waals surface area contributed by atoms with Gasteiger partial charge in [-0.15, -0.1) is 10.2 Å². The van der Waals surface area contributed by atoms with Crippen molar-refractivity contribution >= 4 is 5.69 Å². The average molecular weight is 320 g/mol. The molecule has 0 fully saturated rings. The highest BCUT2D eigenvalue weighted by molar-refractivity contribution is 5.84. The molecule has 0 spiro atoms. The Morgan fingerprint density at radius 3 is 2.71 bits per heavy atom. The van der Waals surface area contributed by atoms with E-state index in [9.17, 15) is 0 Å². The summed E-state index contributed by atoms with van der Waals surface area (Å²) in [6, 6.07) is 12.5. The summed E-state index contributed by atoms with van der Waals surface area (Å²) in [4.78, 5) is 2.41. The minimum absolute atomic E-state index is 0.543. The minimum atomic E-state index is 0.543. The predicted molar refractivity (Wildman–Crippen MR) is 94.1 cm³/mol. The molecule has 0 aliphatic carbocycles. The number of aromatic nitrogens is 4. The van der Waals surface area contributed by atoms with Crippen LogP contribution in [0.2, 0.25) is 0 Å². The molecule has 1 aliphatic rings. The number of hydrogen-bond donors (Lipinski definition) is 2. The van der Waals surface area contributed by atoms with Crippen molar-refractivity contribution < 1.29 is 0 Å². The Labute approximate surface area is 140 Å². The van der Waals surface area contributed by atoms with Crippen molar-refractivity contribution in [2.45, 2.75) is 19.9 Å². The zero-order valence-electron chi connectivity index (χ0n) is 13.7. The molecule has 0 saturated carbocycles. The number of tetrazole rings is 1. The van der Waals surface area contributed by atoms with Crippen molar-refractivity contribution in [2.24, 2.45) is 0 Å². The van der Waals surface area contributed by atoms with Gasteiger partial charge in [0.25, 0.3) is 0 Å².